The second-order valence-corrected chi connectivity index (χ2v) is 7.78. The molecule has 2 unspecified atom stereocenters. The number of rotatable bonds is 3. The SMILES string of the molecule is CC1C(Oc2ccc(-c3ccc4c(ccn4C)c3)cn2)C2CCN1CC2. The van der Waals surface area contributed by atoms with E-state index in [2.05, 4.69) is 65.0 Å². The molecule has 26 heavy (non-hydrogen) atoms. The summed E-state index contributed by atoms with van der Waals surface area (Å²) in [5, 5.41) is 1.26. The summed E-state index contributed by atoms with van der Waals surface area (Å²) in [7, 11) is 2.07. The number of ether oxygens (including phenoxy) is 1. The number of pyridine rings is 1. The molecule has 0 N–H and O–H groups in total. The number of benzene rings is 1. The number of fused-ring (bicyclic) bond motifs is 4. The molecule has 0 spiro atoms. The Morgan fingerprint density at radius 1 is 1.04 bits per heavy atom. The van der Waals surface area contributed by atoms with Crippen LogP contribution in [0.4, 0.5) is 0 Å². The largest absolute Gasteiger partial charge is 0.472 e. The topological polar surface area (TPSA) is 30.3 Å². The summed E-state index contributed by atoms with van der Waals surface area (Å²) in [6.45, 7) is 4.74. The molecule has 0 aliphatic carbocycles. The summed E-state index contributed by atoms with van der Waals surface area (Å²) in [6, 6.07) is 13.3. The third kappa shape index (κ3) is 2.60. The van der Waals surface area contributed by atoms with Gasteiger partial charge in [-0.3, -0.25) is 4.90 Å². The molecule has 3 saturated heterocycles. The van der Waals surface area contributed by atoms with Gasteiger partial charge < -0.3 is 9.30 Å². The summed E-state index contributed by atoms with van der Waals surface area (Å²) >= 11 is 0. The van der Waals surface area contributed by atoms with Crippen molar-refractivity contribution in [3.63, 3.8) is 0 Å². The van der Waals surface area contributed by atoms with Crippen LogP contribution in [0.1, 0.15) is 19.8 Å². The van der Waals surface area contributed by atoms with Crippen molar-refractivity contribution in [3.8, 4) is 17.0 Å². The van der Waals surface area contributed by atoms with E-state index in [1.54, 1.807) is 0 Å². The van der Waals surface area contributed by atoms with Crippen molar-refractivity contribution in [3.05, 3.63) is 48.8 Å². The Kier molecular flexibility index (Phi) is 3.75. The van der Waals surface area contributed by atoms with E-state index in [1.807, 2.05) is 12.3 Å². The van der Waals surface area contributed by atoms with Gasteiger partial charge in [-0.25, -0.2) is 4.98 Å². The third-order valence-electron chi connectivity index (χ3n) is 6.30. The van der Waals surface area contributed by atoms with E-state index in [0.717, 1.165) is 11.4 Å². The first-order valence-corrected chi connectivity index (χ1v) is 9.61. The lowest BCUT2D eigenvalue weighted by Gasteiger charge is -2.49. The fourth-order valence-electron chi connectivity index (χ4n) is 4.67. The molecule has 5 heterocycles. The monoisotopic (exact) mass is 347 g/mol. The third-order valence-corrected chi connectivity index (χ3v) is 6.30. The molecule has 6 rings (SSSR count). The molecule has 1 aromatic carbocycles. The van der Waals surface area contributed by atoms with Crippen LogP contribution in [-0.4, -0.2) is 39.7 Å². The highest BCUT2D eigenvalue weighted by Crippen LogP contribution is 2.35. The van der Waals surface area contributed by atoms with Crippen molar-refractivity contribution in [2.75, 3.05) is 13.1 Å². The zero-order valence-corrected chi connectivity index (χ0v) is 15.4. The number of hydrogen-bond donors (Lipinski definition) is 0. The second-order valence-electron chi connectivity index (χ2n) is 7.78. The summed E-state index contributed by atoms with van der Waals surface area (Å²) in [4.78, 5) is 7.16. The van der Waals surface area contributed by atoms with Gasteiger partial charge in [0.15, 0.2) is 0 Å². The first-order chi connectivity index (χ1) is 12.7. The van der Waals surface area contributed by atoms with E-state index in [4.69, 9.17) is 4.74 Å². The van der Waals surface area contributed by atoms with Crippen molar-refractivity contribution in [2.45, 2.75) is 31.9 Å². The van der Waals surface area contributed by atoms with Gasteiger partial charge in [0.05, 0.1) is 0 Å². The molecule has 0 radical (unpaired) electrons. The first kappa shape index (κ1) is 15.9. The van der Waals surface area contributed by atoms with Crippen LogP contribution < -0.4 is 4.74 Å². The van der Waals surface area contributed by atoms with Gasteiger partial charge >= 0.3 is 0 Å². The fraction of sp³-hybridized carbons (Fsp3) is 0.409. The summed E-state index contributed by atoms with van der Waals surface area (Å²) < 4.78 is 8.45. The van der Waals surface area contributed by atoms with Crippen molar-refractivity contribution >= 4 is 10.9 Å². The fourth-order valence-corrected chi connectivity index (χ4v) is 4.67. The minimum absolute atomic E-state index is 0.275. The van der Waals surface area contributed by atoms with E-state index in [1.165, 1.54) is 42.4 Å². The van der Waals surface area contributed by atoms with Crippen LogP contribution >= 0.6 is 0 Å². The van der Waals surface area contributed by atoms with Gasteiger partial charge in [-0.1, -0.05) is 6.07 Å². The maximum atomic E-state index is 6.31. The smallest absolute Gasteiger partial charge is 0.213 e. The van der Waals surface area contributed by atoms with Crippen molar-refractivity contribution in [1.82, 2.24) is 14.5 Å². The molecular formula is C22H25N3O. The molecule has 0 saturated carbocycles. The standard InChI is InChI=1S/C22H25N3O/c1-15-22(16-8-11-25(15)12-9-16)26-21-6-4-19(14-23-21)17-3-5-20-18(13-17)7-10-24(20)2/h3-7,10,13-16,22H,8-9,11-12H2,1-2H3. The predicted molar refractivity (Wildman–Crippen MR) is 104 cm³/mol. The Bertz CT molecular complexity index is 920. The molecule has 4 nitrogen and oxygen atoms in total. The number of aromatic nitrogens is 2. The van der Waals surface area contributed by atoms with E-state index >= 15 is 0 Å². The van der Waals surface area contributed by atoms with Gasteiger partial charge in [-0.05, 0) is 68.6 Å². The average molecular weight is 347 g/mol. The molecule has 4 heteroatoms. The summed E-state index contributed by atoms with van der Waals surface area (Å²) in [5.41, 5.74) is 3.57. The highest BCUT2D eigenvalue weighted by molar-refractivity contribution is 5.85. The lowest BCUT2D eigenvalue weighted by atomic mass is 9.81. The predicted octanol–water partition coefficient (Wildman–Crippen LogP) is 4.10. The molecular weight excluding hydrogens is 322 g/mol. The van der Waals surface area contributed by atoms with Crippen molar-refractivity contribution in [1.29, 1.82) is 0 Å². The normalized spacial score (nSPS) is 27.8. The molecule has 2 bridgehead atoms. The molecule has 134 valence electrons. The van der Waals surface area contributed by atoms with Gasteiger partial charge in [0.1, 0.15) is 6.10 Å². The number of hydrogen-bond acceptors (Lipinski definition) is 3. The second kappa shape index (κ2) is 6.13. The molecule has 3 aliphatic rings. The van der Waals surface area contributed by atoms with Crippen LogP contribution in [0.25, 0.3) is 22.0 Å². The molecule has 3 fully saturated rings. The molecule has 2 atom stereocenters. The lowest BCUT2D eigenvalue weighted by molar-refractivity contribution is -0.0525. The molecule has 2 aromatic heterocycles. The van der Waals surface area contributed by atoms with Crippen molar-refractivity contribution in [2.24, 2.45) is 13.0 Å². The highest BCUT2D eigenvalue weighted by atomic mass is 16.5. The van der Waals surface area contributed by atoms with E-state index < -0.39 is 0 Å². The Hall–Kier alpha value is -2.33. The van der Waals surface area contributed by atoms with Crippen molar-refractivity contribution < 1.29 is 4.74 Å². The molecule has 3 aromatic rings. The number of nitrogens with zero attached hydrogens (tertiary/aromatic N) is 3. The first-order valence-electron chi connectivity index (χ1n) is 9.61. The summed E-state index contributed by atoms with van der Waals surface area (Å²) in [5.74, 6) is 1.43. The van der Waals surface area contributed by atoms with Gasteiger partial charge in [0.2, 0.25) is 5.88 Å². The maximum Gasteiger partial charge on any atom is 0.213 e. The minimum atomic E-state index is 0.275. The van der Waals surface area contributed by atoms with E-state index in [0.29, 0.717) is 12.0 Å². The van der Waals surface area contributed by atoms with Gasteiger partial charge in [-0.15, -0.1) is 0 Å². The van der Waals surface area contributed by atoms with Gasteiger partial charge in [0.25, 0.3) is 0 Å². The van der Waals surface area contributed by atoms with Crippen LogP contribution in [0.3, 0.4) is 0 Å². The van der Waals surface area contributed by atoms with E-state index in [-0.39, 0.29) is 6.10 Å². The van der Waals surface area contributed by atoms with E-state index in [9.17, 15) is 0 Å². The maximum absolute atomic E-state index is 6.31. The molecule has 3 aliphatic heterocycles. The quantitative estimate of drug-likeness (QED) is 0.714. The van der Waals surface area contributed by atoms with Crippen LogP contribution in [0.15, 0.2) is 48.8 Å². The zero-order valence-electron chi connectivity index (χ0n) is 15.4. The van der Waals surface area contributed by atoms with Gasteiger partial charge in [-0.2, -0.15) is 0 Å². The highest BCUT2D eigenvalue weighted by Gasteiger charge is 2.41. The number of aryl methyl sites for hydroxylation is 1. The minimum Gasteiger partial charge on any atom is -0.472 e. The van der Waals surface area contributed by atoms with Crippen LogP contribution in [0, 0.1) is 5.92 Å². The Labute approximate surface area is 154 Å². The molecule has 0 amide bonds. The Morgan fingerprint density at radius 3 is 2.58 bits per heavy atom. The average Bonchev–Trinajstić information content (AvgIpc) is 3.06. The van der Waals surface area contributed by atoms with Crippen LogP contribution in [-0.2, 0) is 7.05 Å². The summed E-state index contributed by atoms with van der Waals surface area (Å²) in [6.07, 6.45) is 6.81. The zero-order chi connectivity index (χ0) is 17.7. The van der Waals surface area contributed by atoms with Crippen LogP contribution in [0.2, 0.25) is 0 Å². The number of piperidine rings is 3. The van der Waals surface area contributed by atoms with Gasteiger partial charge in [0, 0.05) is 48.0 Å². The Morgan fingerprint density at radius 2 is 1.85 bits per heavy atom. The van der Waals surface area contributed by atoms with Crippen LogP contribution in [0.5, 0.6) is 5.88 Å². The lowest BCUT2D eigenvalue weighted by Crippen LogP contribution is -2.58. The Balaban J connectivity index is 1.36.